The van der Waals surface area contributed by atoms with Crippen LogP contribution in [-0.4, -0.2) is 33.9 Å². The molecule has 3 rings (SSSR count). The van der Waals surface area contributed by atoms with Crippen LogP contribution in [0, 0.1) is 11.7 Å². The van der Waals surface area contributed by atoms with Gasteiger partial charge >= 0.3 is 0 Å². The standard InChI is InChI=1S/C22H24FNO4S3/c1-16(2)14-24(31(27,28)22-10-5-4-9-20(22)23)15-18-11-12-21(29-18)17-7-6-8-19(13-17)30(3,25)26/h4-13,16H,14-15H2,1-3H3. The molecule has 0 spiro atoms. The Bertz CT molecular complexity index is 1280. The van der Waals surface area contributed by atoms with Crippen molar-refractivity contribution in [1.82, 2.24) is 4.31 Å². The van der Waals surface area contributed by atoms with E-state index in [0.717, 1.165) is 27.6 Å². The topological polar surface area (TPSA) is 71.5 Å². The molecule has 0 radical (unpaired) electrons. The first-order chi connectivity index (χ1) is 14.5. The molecule has 1 aromatic heterocycles. The molecule has 0 fully saturated rings. The second-order valence-corrected chi connectivity index (χ2v) is 12.8. The highest BCUT2D eigenvalue weighted by Gasteiger charge is 2.28. The monoisotopic (exact) mass is 481 g/mol. The van der Waals surface area contributed by atoms with Crippen molar-refractivity contribution >= 4 is 31.2 Å². The summed E-state index contributed by atoms with van der Waals surface area (Å²) in [5.41, 5.74) is 0.742. The molecule has 2 aromatic carbocycles. The third kappa shape index (κ3) is 5.60. The van der Waals surface area contributed by atoms with Crippen molar-refractivity contribution in [3.63, 3.8) is 0 Å². The molecule has 0 atom stereocenters. The van der Waals surface area contributed by atoms with Crippen LogP contribution < -0.4 is 0 Å². The van der Waals surface area contributed by atoms with Crippen LogP contribution in [0.1, 0.15) is 18.7 Å². The van der Waals surface area contributed by atoms with E-state index < -0.39 is 25.7 Å². The Hall–Kier alpha value is -2.07. The number of thiophene rings is 1. The van der Waals surface area contributed by atoms with Crippen LogP contribution in [0.15, 0.2) is 70.5 Å². The zero-order valence-electron chi connectivity index (χ0n) is 17.4. The molecule has 0 bridgehead atoms. The molecular weight excluding hydrogens is 457 g/mol. The minimum absolute atomic E-state index is 0.0485. The normalized spacial score (nSPS) is 12.6. The van der Waals surface area contributed by atoms with Gasteiger partial charge < -0.3 is 0 Å². The number of sulfone groups is 1. The number of halogens is 1. The Balaban J connectivity index is 1.93. The van der Waals surface area contributed by atoms with Gasteiger partial charge in [0.25, 0.3) is 0 Å². The van der Waals surface area contributed by atoms with Gasteiger partial charge in [-0.2, -0.15) is 4.31 Å². The highest BCUT2D eigenvalue weighted by molar-refractivity contribution is 7.90. The van der Waals surface area contributed by atoms with Gasteiger partial charge in [0.2, 0.25) is 10.0 Å². The van der Waals surface area contributed by atoms with Crippen LogP contribution in [0.3, 0.4) is 0 Å². The van der Waals surface area contributed by atoms with Gasteiger partial charge in [0, 0.05) is 29.1 Å². The first-order valence-corrected chi connectivity index (χ1v) is 13.8. The third-order valence-corrected chi connectivity index (χ3v) is 8.64. The largest absolute Gasteiger partial charge is 0.246 e. The van der Waals surface area contributed by atoms with E-state index in [-0.39, 0.29) is 28.8 Å². The summed E-state index contributed by atoms with van der Waals surface area (Å²) in [5, 5.41) is 0. The summed E-state index contributed by atoms with van der Waals surface area (Å²) >= 11 is 1.38. The average molecular weight is 482 g/mol. The van der Waals surface area contributed by atoms with Crippen molar-refractivity contribution in [3.8, 4) is 10.4 Å². The van der Waals surface area contributed by atoms with Gasteiger partial charge in [-0.25, -0.2) is 21.2 Å². The Morgan fingerprint density at radius 3 is 2.32 bits per heavy atom. The number of benzene rings is 2. The summed E-state index contributed by atoms with van der Waals surface area (Å²) in [6, 6.07) is 15.7. The smallest absolute Gasteiger partial charge is 0.224 e. The molecule has 0 unspecified atom stereocenters. The number of hydrogen-bond donors (Lipinski definition) is 0. The fourth-order valence-electron chi connectivity index (χ4n) is 3.12. The Morgan fingerprint density at radius 2 is 1.68 bits per heavy atom. The van der Waals surface area contributed by atoms with Crippen molar-refractivity contribution in [3.05, 3.63) is 71.4 Å². The Labute approximate surface area is 187 Å². The minimum Gasteiger partial charge on any atom is -0.224 e. The molecule has 166 valence electrons. The third-order valence-electron chi connectivity index (χ3n) is 4.56. The summed E-state index contributed by atoms with van der Waals surface area (Å²) < 4.78 is 65.5. The van der Waals surface area contributed by atoms with Crippen LogP contribution >= 0.6 is 11.3 Å². The lowest BCUT2D eigenvalue weighted by Crippen LogP contribution is -2.34. The highest BCUT2D eigenvalue weighted by atomic mass is 32.2. The molecular formula is C22H24FNO4S3. The molecule has 0 saturated carbocycles. The minimum atomic E-state index is -4.02. The molecule has 0 saturated heterocycles. The van der Waals surface area contributed by atoms with Crippen molar-refractivity contribution in [1.29, 1.82) is 0 Å². The predicted molar refractivity (Wildman–Crippen MR) is 122 cm³/mol. The SMILES string of the molecule is CC(C)CN(Cc1ccc(-c2cccc(S(C)(=O)=O)c2)s1)S(=O)(=O)c1ccccc1F. The van der Waals surface area contributed by atoms with Gasteiger partial charge in [-0.3, -0.25) is 0 Å². The molecule has 31 heavy (non-hydrogen) atoms. The van der Waals surface area contributed by atoms with Gasteiger partial charge in [-0.15, -0.1) is 11.3 Å². The maximum absolute atomic E-state index is 14.2. The van der Waals surface area contributed by atoms with Crippen LogP contribution in [0.4, 0.5) is 4.39 Å². The predicted octanol–water partition coefficient (Wildman–Crippen LogP) is 4.80. The Kier molecular flexibility index (Phi) is 7.00. The van der Waals surface area contributed by atoms with Gasteiger partial charge in [0.05, 0.1) is 4.90 Å². The van der Waals surface area contributed by atoms with E-state index in [1.54, 1.807) is 18.2 Å². The number of rotatable bonds is 8. The summed E-state index contributed by atoms with van der Waals surface area (Å²) in [4.78, 5) is 1.49. The van der Waals surface area contributed by atoms with E-state index in [1.807, 2.05) is 32.0 Å². The van der Waals surface area contributed by atoms with E-state index in [9.17, 15) is 21.2 Å². The summed E-state index contributed by atoms with van der Waals surface area (Å²) in [5.74, 6) is -0.729. The molecule has 0 aliphatic rings. The van der Waals surface area contributed by atoms with Crippen LogP contribution in [0.2, 0.25) is 0 Å². The van der Waals surface area contributed by atoms with E-state index in [4.69, 9.17) is 0 Å². The van der Waals surface area contributed by atoms with Gasteiger partial charge in [0.1, 0.15) is 10.7 Å². The molecule has 5 nitrogen and oxygen atoms in total. The zero-order valence-corrected chi connectivity index (χ0v) is 19.9. The molecule has 0 amide bonds. The van der Waals surface area contributed by atoms with Crippen molar-refractivity contribution in [2.45, 2.75) is 30.2 Å². The van der Waals surface area contributed by atoms with Gasteiger partial charge in [-0.05, 0) is 47.9 Å². The van der Waals surface area contributed by atoms with Crippen LogP contribution in [0.25, 0.3) is 10.4 Å². The fourth-order valence-corrected chi connectivity index (χ4v) is 6.53. The van der Waals surface area contributed by atoms with E-state index in [1.165, 1.54) is 33.8 Å². The molecule has 0 aliphatic carbocycles. The second-order valence-electron chi connectivity index (χ2n) is 7.69. The molecule has 0 aliphatic heterocycles. The zero-order chi connectivity index (χ0) is 22.8. The number of sulfonamides is 1. The lowest BCUT2D eigenvalue weighted by atomic mass is 10.2. The molecule has 1 heterocycles. The molecule has 3 aromatic rings. The number of nitrogens with zero attached hydrogens (tertiary/aromatic N) is 1. The van der Waals surface area contributed by atoms with Crippen molar-refractivity contribution in [2.24, 2.45) is 5.92 Å². The van der Waals surface area contributed by atoms with Gasteiger partial charge in [-0.1, -0.05) is 38.1 Å². The maximum Gasteiger partial charge on any atom is 0.246 e. The maximum atomic E-state index is 14.2. The van der Waals surface area contributed by atoms with Gasteiger partial charge in [0.15, 0.2) is 9.84 Å². The van der Waals surface area contributed by atoms with Crippen LogP contribution in [-0.2, 0) is 26.4 Å². The molecule has 0 N–H and O–H groups in total. The summed E-state index contributed by atoms with van der Waals surface area (Å²) in [7, 11) is -7.35. The van der Waals surface area contributed by atoms with E-state index in [0.29, 0.717) is 0 Å². The first-order valence-electron chi connectivity index (χ1n) is 9.62. The van der Waals surface area contributed by atoms with Crippen LogP contribution in [0.5, 0.6) is 0 Å². The van der Waals surface area contributed by atoms with Crippen molar-refractivity contribution in [2.75, 3.05) is 12.8 Å². The average Bonchev–Trinajstić information content (AvgIpc) is 3.15. The Morgan fingerprint density at radius 1 is 0.968 bits per heavy atom. The summed E-state index contributed by atoms with van der Waals surface area (Å²) in [6.07, 6.45) is 1.16. The quantitative estimate of drug-likeness (QED) is 0.463. The first kappa shape index (κ1) is 23.6. The lowest BCUT2D eigenvalue weighted by Gasteiger charge is -2.23. The second kappa shape index (κ2) is 9.20. The summed E-state index contributed by atoms with van der Waals surface area (Å²) in [6.45, 7) is 4.15. The van der Waals surface area contributed by atoms with Crippen molar-refractivity contribution < 1.29 is 21.2 Å². The van der Waals surface area contributed by atoms with E-state index in [2.05, 4.69) is 0 Å². The number of hydrogen-bond acceptors (Lipinski definition) is 5. The lowest BCUT2D eigenvalue weighted by molar-refractivity contribution is 0.362. The fraction of sp³-hybridized carbons (Fsp3) is 0.273. The highest BCUT2D eigenvalue weighted by Crippen LogP contribution is 2.31. The van der Waals surface area contributed by atoms with E-state index >= 15 is 0 Å². The molecule has 9 heteroatoms.